The van der Waals surface area contributed by atoms with Crippen LogP contribution in [-0.2, 0) is 12.7 Å². The predicted octanol–water partition coefficient (Wildman–Crippen LogP) is 6.65. The van der Waals surface area contributed by atoms with Gasteiger partial charge in [-0.2, -0.15) is 23.4 Å². The summed E-state index contributed by atoms with van der Waals surface area (Å²) >= 11 is 0. The number of carbonyl (C=O) groups excluding carboxylic acids is 1. The van der Waals surface area contributed by atoms with Gasteiger partial charge in [-0.25, -0.2) is 9.50 Å². The van der Waals surface area contributed by atoms with Gasteiger partial charge in [-0.05, 0) is 37.0 Å². The van der Waals surface area contributed by atoms with Crippen LogP contribution in [0.15, 0.2) is 66.7 Å². The molecule has 0 bridgehead atoms. The first-order chi connectivity index (χ1) is 18.5. The number of nitrogens with zero attached hydrogens (tertiary/aromatic N) is 5. The number of aromatic nitrogens is 5. The first-order valence-corrected chi connectivity index (χ1v) is 12.5. The summed E-state index contributed by atoms with van der Waals surface area (Å²) in [6, 6.07) is 19.2. The third-order valence-electron chi connectivity index (χ3n) is 6.62. The Morgan fingerprint density at radius 1 is 0.974 bits per heavy atom. The van der Waals surface area contributed by atoms with Crippen LogP contribution in [0.4, 0.5) is 18.9 Å². The van der Waals surface area contributed by atoms with E-state index in [-0.39, 0.29) is 23.0 Å². The van der Waals surface area contributed by atoms with Crippen molar-refractivity contribution in [2.75, 3.05) is 5.32 Å². The molecule has 5 aromatic rings. The quantitative estimate of drug-likeness (QED) is 0.266. The fraction of sp³-hybridized carbons (Fsp3) is 0.241. The van der Waals surface area contributed by atoms with E-state index in [0.717, 1.165) is 22.9 Å². The van der Waals surface area contributed by atoms with Crippen molar-refractivity contribution in [2.45, 2.75) is 46.3 Å². The van der Waals surface area contributed by atoms with Crippen LogP contribution in [0.2, 0.25) is 0 Å². The minimum Gasteiger partial charge on any atom is -0.317 e. The molecule has 10 heteroatoms. The number of rotatable bonds is 6. The molecule has 39 heavy (non-hydrogen) atoms. The molecule has 0 radical (unpaired) electrons. The molecule has 5 rings (SSSR count). The van der Waals surface area contributed by atoms with Gasteiger partial charge in [0.15, 0.2) is 17.0 Å². The van der Waals surface area contributed by atoms with E-state index in [1.165, 1.54) is 6.07 Å². The van der Waals surface area contributed by atoms with Crippen molar-refractivity contribution in [2.24, 2.45) is 0 Å². The highest BCUT2D eigenvalue weighted by atomic mass is 19.4. The molecule has 7 nitrogen and oxygen atoms in total. The van der Waals surface area contributed by atoms with E-state index in [0.29, 0.717) is 28.0 Å². The third kappa shape index (κ3) is 5.27. The topological polar surface area (TPSA) is 77.1 Å². The van der Waals surface area contributed by atoms with E-state index >= 15 is 0 Å². The van der Waals surface area contributed by atoms with Crippen molar-refractivity contribution in [3.63, 3.8) is 0 Å². The predicted molar refractivity (Wildman–Crippen MR) is 143 cm³/mol. The SMILES string of the molecule is Cc1nn(Cc2ccccc2)c(C)c1NC(=O)c1cc2nc(-c3ccc(C(C)C)cc3)cc(C(F)(F)F)n2n1. The minimum atomic E-state index is -4.71. The standard InChI is InChI=1S/C29H27F3N6O/c1-17(2)21-10-12-22(13-11-21)23-14-25(29(30,31)32)38-26(33-23)15-24(36-38)28(39)34-27-18(3)35-37(19(27)4)16-20-8-6-5-7-9-20/h5-15,17H,16H2,1-4H3,(H,34,39). The Morgan fingerprint density at radius 3 is 2.31 bits per heavy atom. The van der Waals surface area contributed by atoms with Gasteiger partial charge in [-0.15, -0.1) is 0 Å². The molecule has 1 amide bonds. The second-order valence-corrected chi connectivity index (χ2v) is 9.74. The number of hydrogen-bond acceptors (Lipinski definition) is 4. The van der Waals surface area contributed by atoms with Crippen molar-refractivity contribution >= 4 is 17.2 Å². The van der Waals surface area contributed by atoms with Gasteiger partial charge in [0.05, 0.1) is 29.3 Å². The summed E-state index contributed by atoms with van der Waals surface area (Å²) in [5.74, 6) is -0.365. The van der Waals surface area contributed by atoms with E-state index in [2.05, 4.69) is 20.5 Å². The lowest BCUT2D eigenvalue weighted by atomic mass is 10.0. The molecule has 0 fully saturated rings. The number of alkyl halides is 3. The number of nitrogens with one attached hydrogen (secondary N) is 1. The van der Waals surface area contributed by atoms with Crippen molar-refractivity contribution in [1.29, 1.82) is 0 Å². The van der Waals surface area contributed by atoms with Gasteiger partial charge in [-0.3, -0.25) is 9.48 Å². The molecule has 0 saturated carbocycles. The highest BCUT2D eigenvalue weighted by Gasteiger charge is 2.36. The summed E-state index contributed by atoms with van der Waals surface area (Å²) in [5.41, 5.74) is 3.30. The second-order valence-electron chi connectivity index (χ2n) is 9.74. The Hall–Kier alpha value is -4.47. The van der Waals surface area contributed by atoms with Crippen molar-refractivity contribution in [3.05, 3.63) is 101 Å². The highest BCUT2D eigenvalue weighted by Crippen LogP contribution is 2.33. The summed E-state index contributed by atoms with van der Waals surface area (Å²) in [5, 5.41) is 11.3. The van der Waals surface area contributed by atoms with Crippen LogP contribution in [0.3, 0.4) is 0 Å². The molecule has 0 aliphatic rings. The summed E-state index contributed by atoms with van der Waals surface area (Å²) in [6.07, 6.45) is -4.71. The lowest BCUT2D eigenvalue weighted by Gasteiger charge is -2.12. The number of carbonyl (C=O) groups is 1. The zero-order valence-electron chi connectivity index (χ0n) is 21.9. The smallest absolute Gasteiger partial charge is 0.317 e. The molecule has 2 aromatic carbocycles. The van der Waals surface area contributed by atoms with Crippen LogP contribution in [0, 0.1) is 13.8 Å². The summed E-state index contributed by atoms with van der Waals surface area (Å²) < 4.78 is 44.5. The Labute approximate surface area is 223 Å². The minimum absolute atomic E-state index is 0.0777. The molecule has 1 N–H and O–H groups in total. The third-order valence-corrected chi connectivity index (χ3v) is 6.62. The monoisotopic (exact) mass is 532 g/mol. The molecular formula is C29H27F3N6O. The number of halogens is 3. The molecule has 0 saturated heterocycles. The van der Waals surface area contributed by atoms with Crippen molar-refractivity contribution < 1.29 is 18.0 Å². The molecule has 0 unspecified atom stereocenters. The second kappa shape index (κ2) is 10.0. The largest absolute Gasteiger partial charge is 0.433 e. The number of fused-ring (bicyclic) bond motifs is 1. The van der Waals surface area contributed by atoms with Crippen LogP contribution in [-0.4, -0.2) is 30.3 Å². The van der Waals surface area contributed by atoms with Crippen LogP contribution in [0.25, 0.3) is 16.9 Å². The lowest BCUT2D eigenvalue weighted by molar-refractivity contribution is -0.142. The Morgan fingerprint density at radius 2 is 1.67 bits per heavy atom. The van der Waals surface area contributed by atoms with E-state index in [4.69, 9.17) is 0 Å². The fourth-order valence-corrected chi connectivity index (χ4v) is 4.44. The van der Waals surface area contributed by atoms with E-state index in [1.54, 1.807) is 23.7 Å². The molecule has 0 aliphatic carbocycles. The van der Waals surface area contributed by atoms with Crippen LogP contribution in [0.5, 0.6) is 0 Å². The first kappa shape index (κ1) is 26.1. The maximum absolute atomic E-state index is 14.0. The van der Waals surface area contributed by atoms with Gasteiger partial charge in [0, 0.05) is 11.6 Å². The molecule has 0 spiro atoms. The van der Waals surface area contributed by atoms with Crippen LogP contribution >= 0.6 is 0 Å². The van der Waals surface area contributed by atoms with Gasteiger partial charge in [0.2, 0.25) is 0 Å². The normalized spacial score (nSPS) is 11.9. The summed E-state index contributed by atoms with van der Waals surface area (Å²) in [6.45, 7) is 8.17. The molecule has 0 aliphatic heterocycles. The average Bonchev–Trinajstić information content (AvgIpc) is 3.44. The molecule has 3 aromatic heterocycles. The van der Waals surface area contributed by atoms with Crippen molar-refractivity contribution in [3.8, 4) is 11.3 Å². The van der Waals surface area contributed by atoms with Crippen LogP contribution < -0.4 is 5.32 Å². The summed E-state index contributed by atoms with van der Waals surface area (Å²) in [4.78, 5) is 17.5. The zero-order valence-corrected chi connectivity index (χ0v) is 21.9. The number of amides is 1. The number of benzene rings is 2. The molecule has 3 heterocycles. The van der Waals surface area contributed by atoms with Gasteiger partial charge >= 0.3 is 6.18 Å². The average molecular weight is 533 g/mol. The first-order valence-electron chi connectivity index (χ1n) is 12.5. The summed E-state index contributed by atoms with van der Waals surface area (Å²) in [7, 11) is 0. The van der Waals surface area contributed by atoms with Gasteiger partial charge in [-0.1, -0.05) is 68.4 Å². The fourth-order valence-electron chi connectivity index (χ4n) is 4.44. The van der Waals surface area contributed by atoms with Gasteiger partial charge < -0.3 is 5.32 Å². The Balaban J connectivity index is 1.48. The maximum Gasteiger partial charge on any atom is 0.433 e. The van der Waals surface area contributed by atoms with Crippen LogP contribution in [0.1, 0.15) is 58.5 Å². The molecule has 0 atom stereocenters. The highest BCUT2D eigenvalue weighted by molar-refractivity contribution is 6.04. The maximum atomic E-state index is 14.0. The molecule has 200 valence electrons. The van der Waals surface area contributed by atoms with Crippen molar-refractivity contribution in [1.82, 2.24) is 24.4 Å². The Kier molecular flexibility index (Phi) is 6.71. The lowest BCUT2D eigenvalue weighted by Crippen LogP contribution is -2.16. The van der Waals surface area contributed by atoms with E-state index in [9.17, 15) is 18.0 Å². The Bertz CT molecular complexity index is 1650. The number of aryl methyl sites for hydroxylation is 1. The molecular weight excluding hydrogens is 505 g/mol. The van der Waals surface area contributed by atoms with E-state index in [1.807, 2.05) is 63.2 Å². The number of hydrogen-bond donors (Lipinski definition) is 1. The van der Waals surface area contributed by atoms with Gasteiger partial charge in [0.1, 0.15) is 0 Å². The number of anilines is 1. The van der Waals surface area contributed by atoms with Gasteiger partial charge in [0.25, 0.3) is 5.91 Å². The zero-order chi connectivity index (χ0) is 27.9. The van der Waals surface area contributed by atoms with E-state index < -0.39 is 17.8 Å².